The first kappa shape index (κ1) is 17.9. The molecule has 0 spiro atoms. The molecule has 0 radical (unpaired) electrons. The fourth-order valence-corrected chi connectivity index (χ4v) is 3.75. The second-order valence-electron chi connectivity index (χ2n) is 7.84. The Labute approximate surface area is 159 Å². The van der Waals surface area contributed by atoms with Crippen LogP contribution in [0.25, 0.3) is 0 Å². The highest BCUT2D eigenvalue weighted by molar-refractivity contribution is 5.95. The summed E-state index contributed by atoms with van der Waals surface area (Å²) in [5, 5.41) is 0. The minimum absolute atomic E-state index is 0.0357. The van der Waals surface area contributed by atoms with Gasteiger partial charge in [0.05, 0.1) is 13.5 Å². The van der Waals surface area contributed by atoms with E-state index in [9.17, 15) is 4.79 Å². The van der Waals surface area contributed by atoms with Gasteiger partial charge in [-0.05, 0) is 56.2 Å². The molecule has 2 unspecified atom stereocenters. The average molecular weight is 367 g/mol. The molecule has 1 fully saturated rings. The molecule has 4 rings (SSSR count). The largest absolute Gasteiger partial charge is 0.497 e. The highest BCUT2D eigenvalue weighted by Gasteiger charge is 2.56. The van der Waals surface area contributed by atoms with E-state index in [4.69, 9.17) is 14.2 Å². The highest BCUT2D eigenvalue weighted by atomic mass is 16.6. The molecule has 2 aliphatic heterocycles. The summed E-state index contributed by atoms with van der Waals surface area (Å²) in [7, 11) is 3.45. The van der Waals surface area contributed by atoms with E-state index in [0.717, 1.165) is 33.9 Å². The van der Waals surface area contributed by atoms with Gasteiger partial charge in [-0.1, -0.05) is 12.1 Å². The lowest BCUT2D eigenvalue weighted by atomic mass is 9.93. The third-order valence-electron chi connectivity index (χ3n) is 5.43. The molecule has 1 amide bonds. The van der Waals surface area contributed by atoms with Crippen molar-refractivity contribution in [2.75, 3.05) is 19.1 Å². The average Bonchev–Trinajstić information content (AvgIpc) is 3.43. The van der Waals surface area contributed by atoms with Gasteiger partial charge in [0, 0.05) is 18.3 Å². The molecule has 0 aliphatic carbocycles. The van der Waals surface area contributed by atoms with E-state index < -0.39 is 0 Å². The van der Waals surface area contributed by atoms with Gasteiger partial charge in [-0.25, -0.2) is 0 Å². The van der Waals surface area contributed by atoms with Gasteiger partial charge in [-0.3, -0.25) is 4.79 Å². The smallest absolute Gasteiger partial charge is 0.231 e. The number of benzene rings is 2. The van der Waals surface area contributed by atoms with Crippen molar-refractivity contribution in [2.45, 2.75) is 45.0 Å². The van der Waals surface area contributed by atoms with Gasteiger partial charge >= 0.3 is 0 Å². The highest BCUT2D eigenvalue weighted by Crippen LogP contribution is 2.54. The van der Waals surface area contributed by atoms with Crippen LogP contribution < -0.4 is 14.4 Å². The number of amides is 1. The summed E-state index contributed by atoms with van der Waals surface area (Å²) in [6.07, 6.45) is 0.484. The number of ether oxygens (including phenoxy) is 3. The number of carbonyl (C=O) groups excluding carboxylic acids is 1. The maximum absolute atomic E-state index is 12.8. The molecule has 5 heteroatoms. The molecule has 2 heterocycles. The molecule has 0 N–H and O–H groups in total. The van der Waals surface area contributed by atoms with E-state index >= 15 is 0 Å². The minimum Gasteiger partial charge on any atom is -0.497 e. The Balaban J connectivity index is 1.56. The number of anilines is 1. The summed E-state index contributed by atoms with van der Waals surface area (Å²) in [6, 6.07) is 11.6. The van der Waals surface area contributed by atoms with Crippen LogP contribution in [0.15, 0.2) is 36.4 Å². The number of rotatable bonds is 4. The lowest BCUT2D eigenvalue weighted by Crippen LogP contribution is -2.38. The number of methoxy groups -OCH3 is 1. The van der Waals surface area contributed by atoms with Crippen LogP contribution in [0.5, 0.6) is 11.5 Å². The number of hydrogen-bond donors (Lipinski definition) is 0. The van der Waals surface area contributed by atoms with E-state index in [0.29, 0.717) is 6.42 Å². The zero-order chi connectivity index (χ0) is 19.3. The maximum atomic E-state index is 12.8. The van der Waals surface area contributed by atoms with Crippen molar-refractivity contribution in [1.82, 2.24) is 0 Å². The number of carbonyl (C=O) groups is 1. The fourth-order valence-electron chi connectivity index (χ4n) is 3.75. The van der Waals surface area contributed by atoms with Gasteiger partial charge in [0.15, 0.2) is 0 Å². The van der Waals surface area contributed by atoms with Crippen molar-refractivity contribution in [3.05, 3.63) is 53.1 Å². The van der Waals surface area contributed by atoms with Crippen molar-refractivity contribution in [1.29, 1.82) is 0 Å². The SMILES string of the molecule is COc1ccc(CC(=O)N(C)c2cc3c(cc2C)OC(C)(C)C2OC32)cc1. The number of aryl methyl sites for hydroxylation is 1. The van der Waals surface area contributed by atoms with Gasteiger partial charge in [0.25, 0.3) is 0 Å². The van der Waals surface area contributed by atoms with Crippen LogP contribution in [0.4, 0.5) is 5.69 Å². The third kappa shape index (κ3) is 3.16. The Morgan fingerprint density at radius 1 is 1.22 bits per heavy atom. The molecule has 2 aromatic rings. The quantitative estimate of drug-likeness (QED) is 0.771. The molecule has 0 saturated carbocycles. The van der Waals surface area contributed by atoms with Crippen molar-refractivity contribution in [3.8, 4) is 11.5 Å². The van der Waals surface area contributed by atoms with Gasteiger partial charge in [0.1, 0.15) is 29.3 Å². The van der Waals surface area contributed by atoms with Gasteiger partial charge in [0.2, 0.25) is 5.91 Å². The maximum Gasteiger partial charge on any atom is 0.231 e. The molecule has 142 valence electrons. The molecule has 0 bridgehead atoms. The second-order valence-corrected chi connectivity index (χ2v) is 7.84. The van der Waals surface area contributed by atoms with Crippen molar-refractivity contribution in [2.24, 2.45) is 0 Å². The van der Waals surface area contributed by atoms with E-state index in [-0.39, 0.29) is 23.7 Å². The molecular formula is C22H25NO4. The number of hydrogen-bond acceptors (Lipinski definition) is 4. The van der Waals surface area contributed by atoms with Crippen LogP contribution in [-0.2, 0) is 16.0 Å². The molecule has 0 aromatic heterocycles. The summed E-state index contributed by atoms with van der Waals surface area (Å²) in [5.41, 5.74) is 3.57. The molecule has 5 nitrogen and oxygen atoms in total. The molecule has 27 heavy (non-hydrogen) atoms. The van der Waals surface area contributed by atoms with Crippen LogP contribution in [0.2, 0.25) is 0 Å². The first-order valence-corrected chi connectivity index (χ1v) is 9.18. The fraction of sp³-hybridized carbons (Fsp3) is 0.409. The number of fused-ring (bicyclic) bond motifs is 3. The topological polar surface area (TPSA) is 51.3 Å². The normalized spacial score (nSPS) is 21.5. The van der Waals surface area contributed by atoms with Gasteiger partial charge in [-0.15, -0.1) is 0 Å². The summed E-state index contributed by atoms with van der Waals surface area (Å²) < 4.78 is 17.1. The predicted octanol–water partition coefficient (Wildman–Crippen LogP) is 3.82. The minimum atomic E-state index is -0.318. The number of likely N-dealkylation sites (N-methyl/N-ethyl adjacent to an activating group) is 1. The molecular weight excluding hydrogens is 342 g/mol. The Kier molecular flexibility index (Phi) is 4.15. The monoisotopic (exact) mass is 367 g/mol. The van der Waals surface area contributed by atoms with E-state index in [1.807, 2.05) is 64.2 Å². The number of nitrogens with zero attached hydrogens (tertiary/aromatic N) is 1. The van der Waals surface area contributed by atoms with Crippen LogP contribution in [0.3, 0.4) is 0 Å². The summed E-state index contributed by atoms with van der Waals surface area (Å²) in [6.45, 7) is 6.10. The molecule has 1 saturated heterocycles. The Morgan fingerprint density at radius 2 is 1.93 bits per heavy atom. The van der Waals surface area contributed by atoms with Crippen LogP contribution >= 0.6 is 0 Å². The Bertz CT molecular complexity index is 888. The van der Waals surface area contributed by atoms with Crippen molar-refractivity contribution in [3.63, 3.8) is 0 Å². The second kappa shape index (κ2) is 6.27. The van der Waals surface area contributed by atoms with Crippen molar-refractivity contribution >= 4 is 11.6 Å². The molecule has 2 aromatic carbocycles. The van der Waals surface area contributed by atoms with Gasteiger partial charge < -0.3 is 19.1 Å². The lowest BCUT2D eigenvalue weighted by Gasteiger charge is -2.31. The van der Waals surface area contributed by atoms with E-state index in [1.54, 1.807) is 12.0 Å². The standard InChI is InChI=1S/C22H25NO4/c1-13-10-18-16(20-21(26-20)22(2,3)27-18)12-17(13)23(4)19(24)11-14-6-8-15(25-5)9-7-14/h6-10,12,20-21H,11H2,1-5H3. The zero-order valence-corrected chi connectivity index (χ0v) is 16.4. The summed E-state index contributed by atoms with van der Waals surface area (Å²) in [5.74, 6) is 1.68. The van der Waals surface area contributed by atoms with E-state index in [1.165, 1.54) is 0 Å². The first-order chi connectivity index (χ1) is 12.8. The zero-order valence-electron chi connectivity index (χ0n) is 16.4. The third-order valence-corrected chi connectivity index (χ3v) is 5.43. The van der Waals surface area contributed by atoms with Crippen LogP contribution in [0, 0.1) is 6.92 Å². The van der Waals surface area contributed by atoms with Crippen LogP contribution in [-0.4, -0.2) is 31.8 Å². The van der Waals surface area contributed by atoms with Gasteiger partial charge in [-0.2, -0.15) is 0 Å². The lowest BCUT2D eigenvalue weighted by molar-refractivity contribution is -0.117. The number of epoxide rings is 1. The summed E-state index contributed by atoms with van der Waals surface area (Å²) in [4.78, 5) is 14.5. The molecule has 2 atom stereocenters. The summed E-state index contributed by atoms with van der Waals surface area (Å²) >= 11 is 0. The molecule has 2 aliphatic rings. The van der Waals surface area contributed by atoms with Crippen molar-refractivity contribution < 1.29 is 19.0 Å². The van der Waals surface area contributed by atoms with Crippen LogP contribution in [0.1, 0.15) is 36.6 Å². The first-order valence-electron chi connectivity index (χ1n) is 9.18. The van der Waals surface area contributed by atoms with E-state index in [2.05, 4.69) is 0 Å². The Hall–Kier alpha value is -2.53. The predicted molar refractivity (Wildman–Crippen MR) is 104 cm³/mol. The Morgan fingerprint density at radius 3 is 2.59 bits per heavy atom.